The lowest BCUT2D eigenvalue weighted by atomic mass is 9.98. The van der Waals surface area contributed by atoms with Crippen LogP contribution in [0.3, 0.4) is 0 Å². The molecule has 0 aliphatic carbocycles. The Labute approximate surface area is 272 Å². The molecule has 0 spiro atoms. The zero-order valence-corrected chi connectivity index (χ0v) is 28.0. The summed E-state index contributed by atoms with van der Waals surface area (Å²) in [4.78, 5) is 12.2. The Morgan fingerprint density at radius 3 is 1.58 bits per heavy atom. The lowest BCUT2D eigenvalue weighted by molar-refractivity contribution is -0.313. The topological polar surface area (TPSA) is 209 Å². The number of aliphatic hydroxyl groups excluding tert-OH is 6. The van der Waals surface area contributed by atoms with E-state index < -0.39 is 49.5 Å². The first-order chi connectivity index (χ1) is 21.6. The van der Waals surface area contributed by atoms with Crippen molar-refractivity contribution in [1.82, 2.24) is 0 Å². The first kappa shape index (κ1) is 42.3. The number of hydrogen-bond donors (Lipinski definition) is 8. The third-order valence-corrected chi connectivity index (χ3v) is 9.10. The number of aliphatic hydroxyl groups is 6. The Morgan fingerprint density at radius 1 is 0.689 bits per heavy atom. The van der Waals surface area contributed by atoms with Crippen molar-refractivity contribution in [1.29, 1.82) is 0 Å². The monoisotopic (exact) mass is 648 g/mol. The van der Waals surface area contributed by atoms with Gasteiger partial charge in [0.15, 0.2) is 6.29 Å². The summed E-state index contributed by atoms with van der Waals surface area (Å²) in [5, 5.41) is 58.8. The van der Waals surface area contributed by atoms with Crippen LogP contribution in [0.25, 0.3) is 0 Å². The van der Waals surface area contributed by atoms with E-state index in [1.54, 1.807) is 0 Å². The molecule has 10 N–H and O–H groups in total. The van der Waals surface area contributed by atoms with Crippen LogP contribution in [0.1, 0.15) is 142 Å². The average Bonchev–Trinajstić information content (AvgIpc) is 3.03. The zero-order valence-electron chi connectivity index (χ0n) is 28.0. The van der Waals surface area contributed by atoms with E-state index in [-0.39, 0.29) is 18.8 Å². The highest BCUT2D eigenvalue weighted by atomic mass is 16.7. The van der Waals surface area contributed by atoms with E-state index >= 15 is 0 Å². The van der Waals surface area contributed by atoms with Gasteiger partial charge in [-0.25, -0.2) is 0 Å². The van der Waals surface area contributed by atoms with Crippen molar-refractivity contribution in [2.24, 2.45) is 11.5 Å². The minimum Gasteiger partial charge on any atom is -0.395 e. The smallest absolute Gasteiger partial charge is 0.187 e. The van der Waals surface area contributed by atoms with Crippen molar-refractivity contribution in [3.05, 3.63) is 0 Å². The molecule has 268 valence electrons. The number of rotatable bonds is 29. The fraction of sp³-hybridized carbons (Fsp3) is 0.971. The second kappa shape index (κ2) is 26.3. The molecule has 0 saturated carbocycles. The summed E-state index contributed by atoms with van der Waals surface area (Å²) in [6, 6.07) is -0.837. The molecule has 0 aromatic heterocycles. The number of carbonyl (C=O) groups is 1. The number of ether oxygens (including phenoxy) is 2. The van der Waals surface area contributed by atoms with Crippen molar-refractivity contribution in [2.75, 3.05) is 13.2 Å². The van der Waals surface area contributed by atoms with Gasteiger partial charge in [-0.05, 0) is 32.6 Å². The van der Waals surface area contributed by atoms with Gasteiger partial charge in [0.25, 0.3) is 0 Å². The Balaban J connectivity index is 2.00. The van der Waals surface area contributed by atoms with Crippen LogP contribution >= 0.6 is 0 Å². The summed E-state index contributed by atoms with van der Waals surface area (Å²) >= 11 is 0. The van der Waals surface area contributed by atoms with Crippen LogP contribution in [0.4, 0.5) is 0 Å². The van der Waals surface area contributed by atoms with Crippen molar-refractivity contribution >= 4 is 5.78 Å². The second-order valence-corrected chi connectivity index (χ2v) is 13.3. The lowest BCUT2D eigenvalue weighted by Gasteiger charge is -2.41. The van der Waals surface area contributed by atoms with Gasteiger partial charge in [-0.2, -0.15) is 0 Å². The van der Waals surface area contributed by atoms with Gasteiger partial charge in [0.1, 0.15) is 30.2 Å². The van der Waals surface area contributed by atoms with Crippen LogP contribution in [0.2, 0.25) is 0 Å². The van der Waals surface area contributed by atoms with Crippen LogP contribution in [0.15, 0.2) is 0 Å². The van der Waals surface area contributed by atoms with Gasteiger partial charge in [-0.15, -0.1) is 0 Å². The molecule has 9 atom stereocenters. The molecule has 9 unspecified atom stereocenters. The van der Waals surface area contributed by atoms with Gasteiger partial charge in [0.2, 0.25) is 0 Å². The van der Waals surface area contributed by atoms with E-state index in [0.717, 1.165) is 70.6 Å². The van der Waals surface area contributed by atoms with Crippen LogP contribution in [0, 0.1) is 0 Å². The molecule has 1 heterocycles. The summed E-state index contributed by atoms with van der Waals surface area (Å²) in [6.45, 7) is 0.998. The summed E-state index contributed by atoms with van der Waals surface area (Å²) in [7, 11) is 0. The first-order valence-electron chi connectivity index (χ1n) is 17.9. The Bertz CT molecular complexity index is 715. The Morgan fingerprint density at radius 2 is 1.13 bits per heavy atom. The third-order valence-electron chi connectivity index (χ3n) is 9.10. The summed E-state index contributed by atoms with van der Waals surface area (Å²) in [6.07, 6.45) is 13.7. The lowest BCUT2D eigenvalue weighted by Crippen LogP contribution is -2.60. The number of Topliss-reactive ketones (excluding diaryl/α,β-unsaturated/α-hetero) is 1. The number of nitrogens with two attached hydrogens (primary N) is 2. The average molecular weight is 649 g/mol. The second-order valence-electron chi connectivity index (χ2n) is 13.3. The highest BCUT2D eigenvalue weighted by molar-refractivity contribution is 5.78. The third kappa shape index (κ3) is 19.0. The number of unbranched alkanes of at least 4 members (excludes halogenated alkanes) is 15. The van der Waals surface area contributed by atoms with E-state index in [0.29, 0.717) is 25.0 Å². The van der Waals surface area contributed by atoms with Gasteiger partial charge in [-0.1, -0.05) is 96.3 Å². The van der Waals surface area contributed by atoms with E-state index in [9.17, 15) is 35.4 Å². The quantitative estimate of drug-likeness (QED) is 0.0553. The first-order valence-corrected chi connectivity index (χ1v) is 17.9. The van der Waals surface area contributed by atoms with Crippen molar-refractivity contribution in [3.63, 3.8) is 0 Å². The molecule has 11 nitrogen and oxygen atoms in total. The molecule has 45 heavy (non-hydrogen) atoms. The van der Waals surface area contributed by atoms with Crippen molar-refractivity contribution < 1.29 is 44.9 Å². The molecule has 1 rings (SSSR count). The van der Waals surface area contributed by atoms with Crippen LogP contribution < -0.4 is 11.5 Å². The highest BCUT2D eigenvalue weighted by Gasteiger charge is 2.45. The molecule has 1 aliphatic heterocycles. The zero-order chi connectivity index (χ0) is 33.5. The van der Waals surface area contributed by atoms with E-state index in [1.807, 2.05) is 6.92 Å². The molecule has 0 amide bonds. The summed E-state index contributed by atoms with van der Waals surface area (Å²) < 4.78 is 11.2. The van der Waals surface area contributed by atoms with E-state index in [2.05, 4.69) is 0 Å². The number of hydrogen-bond acceptors (Lipinski definition) is 11. The van der Waals surface area contributed by atoms with Crippen molar-refractivity contribution in [2.45, 2.75) is 197 Å². The molecule has 11 heteroatoms. The molecular weight excluding hydrogens is 580 g/mol. The predicted molar refractivity (Wildman–Crippen MR) is 175 cm³/mol. The minimum atomic E-state index is -1.53. The fourth-order valence-electron chi connectivity index (χ4n) is 5.88. The summed E-state index contributed by atoms with van der Waals surface area (Å²) in [5.74, 6) is 0.384. The Hall–Kier alpha value is -0.730. The van der Waals surface area contributed by atoms with Gasteiger partial charge < -0.3 is 51.6 Å². The molecule has 0 aromatic rings. The van der Waals surface area contributed by atoms with E-state index in [1.165, 1.54) is 44.9 Å². The van der Waals surface area contributed by atoms with Gasteiger partial charge in [0, 0.05) is 18.9 Å². The van der Waals surface area contributed by atoms with Crippen LogP contribution in [-0.2, 0) is 14.3 Å². The molecule has 0 bridgehead atoms. The molecule has 1 fully saturated rings. The Kier molecular flexibility index (Phi) is 24.7. The molecule has 0 radical (unpaired) electrons. The number of ketones is 1. The van der Waals surface area contributed by atoms with Crippen LogP contribution in [0.5, 0.6) is 0 Å². The van der Waals surface area contributed by atoms with Gasteiger partial charge in [0.05, 0.1) is 31.5 Å². The van der Waals surface area contributed by atoms with Gasteiger partial charge >= 0.3 is 0 Å². The molecular formula is C34H68N2O9. The highest BCUT2D eigenvalue weighted by Crippen LogP contribution is 2.25. The molecule has 1 saturated heterocycles. The maximum atomic E-state index is 12.2. The van der Waals surface area contributed by atoms with E-state index in [4.69, 9.17) is 20.9 Å². The normalized spacial score (nSPS) is 24.8. The largest absolute Gasteiger partial charge is 0.395 e. The molecule has 0 aromatic carbocycles. The predicted octanol–water partition coefficient (Wildman–Crippen LogP) is 2.96. The maximum absolute atomic E-state index is 12.2. The van der Waals surface area contributed by atoms with Crippen LogP contribution in [-0.4, -0.2) is 105 Å². The fourth-order valence-corrected chi connectivity index (χ4v) is 5.88. The standard InChI is InChI=1S/C34H68N2O9/c1-25(35)28(40)21-17-13-9-5-3-2-4-7-11-15-19-26(39)20-16-12-8-6-10-14-18-22-29(27(36)23-37)44-34-33(43)32(42)31(41)30(24-38)45-34/h25,27-34,37-38,40-43H,2-24,35-36H2,1H3. The maximum Gasteiger partial charge on any atom is 0.187 e. The SMILES string of the molecule is CC(N)C(O)CCCCCCCCCCCCC(=O)CCCCCCCCCC(OC1OC(CO)C(O)C(O)C1O)C(N)CO. The minimum absolute atomic E-state index is 0.137. The summed E-state index contributed by atoms with van der Waals surface area (Å²) in [5.41, 5.74) is 11.7. The van der Waals surface area contributed by atoms with Gasteiger partial charge in [-0.3, -0.25) is 4.79 Å². The van der Waals surface area contributed by atoms with Crippen molar-refractivity contribution in [3.8, 4) is 0 Å². The number of carbonyl (C=O) groups excluding carboxylic acids is 1. The molecule has 1 aliphatic rings.